The van der Waals surface area contributed by atoms with Gasteiger partial charge in [0, 0.05) is 26.7 Å². The van der Waals surface area contributed by atoms with Gasteiger partial charge in [0.1, 0.15) is 23.7 Å². The molecule has 0 aliphatic rings. The number of amides is 1. The van der Waals surface area contributed by atoms with E-state index < -0.39 is 5.82 Å². The number of anilines is 3. The van der Waals surface area contributed by atoms with Crippen molar-refractivity contribution in [2.75, 3.05) is 10.6 Å². The molecule has 190 valence electrons. The smallest absolute Gasteiger partial charge is 0.255 e. The number of hydrogen-bond acceptors (Lipinski definition) is 7. The van der Waals surface area contributed by atoms with Crippen LogP contribution in [0.5, 0.6) is 5.75 Å². The summed E-state index contributed by atoms with van der Waals surface area (Å²) in [5.41, 5.74) is 3.12. The molecule has 0 atom stereocenters. The molecular weight excluding hydrogens is 501 g/mol. The molecule has 1 amide bonds. The van der Waals surface area contributed by atoms with Crippen LogP contribution in [0, 0.1) is 5.82 Å². The van der Waals surface area contributed by atoms with Gasteiger partial charge in [-0.25, -0.2) is 19.3 Å². The first-order chi connectivity index (χ1) is 18.4. The fourth-order valence-electron chi connectivity index (χ4n) is 3.75. The number of phenolic OH excluding ortho intramolecular Hbond substituents is 1. The fourth-order valence-corrected chi connectivity index (χ4v) is 4.63. The van der Waals surface area contributed by atoms with Crippen LogP contribution in [0.15, 0.2) is 95.0 Å². The predicted molar refractivity (Wildman–Crippen MR) is 148 cm³/mol. The zero-order valence-corrected chi connectivity index (χ0v) is 21.5. The predicted octanol–water partition coefficient (Wildman–Crippen LogP) is 7.14. The summed E-state index contributed by atoms with van der Waals surface area (Å²) >= 11 is 1.49. The highest BCUT2D eigenvalue weighted by atomic mass is 32.2. The van der Waals surface area contributed by atoms with Gasteiger partial charge < -0.3 is 15.7 Å². The zero-order valence-electron chi connectivity index (χ0n) is 20.6. The number of nitrogens with zero attached hydrogens (tertiary/aromatic N) is 3. The molecule has 2 heterocycles. The van der Waals surface area contributed by atoms with E-state index in [0.29, 0.717) is 28.4 Å². The number of carbonyl (C=O) groups is 1. The Balaban J connectivity index is 1.50. The van der Waals surface area contributed by atoms with Gasteiger partial charge in [0.25, 0.3) is 5.91 Å². The first-order valence-corrected chi connectivity index (χ1v) is 12.7. The molecule has 0 unspecified atom stereocenters. The maximum absolute atomic E-state index is 13.3. The van der Waals surface area contributed by atoms with Gasteiger partial charge >= 0.3 is 0 Å². The Bertz CT molecular complexity index is 1610. The first kappa shape index (κ1) is 25.2. The Morgan fingerprint density at radius 2 is 1.71 bits per heavy atom. The molecule has 0 fully saturated rings. The van der Waals surface area contributed by atoms with Crippen molar-refractivity contribution in [2.45, 2.75) is 29.6 Å². The summed E-state index contributed by atoms with van der Waals surface area (Å²) in [6.07, 6.45) is 1.47. The lowest BCUT2D eigenvalue weighted by Gasteiger charge is -2.15. The molecule has 3 aromatic carbocycles. The fraction of sp³-hybridized carbons (Fsp3) is 0.103. The van der Waals surface area contributed by atoms with Crippen molar-refractivity contribution < 1.29 is 14.3 Å². The lowest BCUT2D eigenvalue weighted by atomic mass is 10.1. The normalized spacial score (nSPS) is 11.1. The number of pyridine rings is 1. The zero-order chi connectivity index (χ0) is 26.6. The van der Waals surface area contributed by atoms with E-state index in [-0.39, 0.29) is 17.6 Å². The van der Waals surface area contributed by atoms with Crippen LogP contribution in [0.1, 0.15) is 35.8 Å². The van der Waals surface area contributed by atoms with Crippen LogP contribution in [-0.2, 0) is 0 Å². The highest BCUT2D eigenvalue weighted by molar-refractivity contribution is 7.99. The van der Waals surface area contributed by atoms with Crippen molar-refractivity contribution in [1.82, 2.24) is 15.0 Å². The van der Waals surface area contributed by atoms with E-state index in [1.54, 1.807) is 18.2 Å². The maximum atomic E-state index is 13.3. The van der Waals surface area contributed by atoms with Crippen molar-refractivity contribution in [3.63, 3.8) is 0 Å². The summed E-state index contributed by atoms with van der Waals surface area (Å²) in [5.74, 6) is 0.267. The largest absolute Gasteiger partial charge is 0.508 e. The van der Waals surface area contributed by atoms with E-state index >= 15 is 0 Å². The Morgan fingerprint density at radius 1 is 0.947 bits per heavy atom. The number of nitrogens with one attached hydrogen (secondary N) is 2. The lowest BCUT2D eigenvalue weighted by Crippen LogP contribution is -2.12. The monoisotopic (exact) mass is 525 g/mol. The SMILES string of the molecule is CC(C)c1ccc2c(Nc3cc(NC(=O)c4ccc(F)cc4)ccc3Sc3ccc(O)cc3)ncnc2n1. The van der Waals surface area contributed by atoms with Gasteiger partial charge in [-0.2, -0.15) is 0 Å². The minimum Gasteiger partial charge on any atom is -0.508 e. The van der Waals surface area contributed by atoms with Crippen molar-refractivity contribution in [3.8, 4) is 5.75 Å². The van der Waals surface area contributed by atoms with Crippen molar-refractivity contribution in [3.05, 3.63) is 102 Å². The summed E-state index contributed by atoms with van der Waals surface area (Å²) < 4.78 is 13.3. The summed E-state index contributed by atoms with van der Waals surface area (Å²) in [6.45, 7) is 4.15. The van der Waals surface area contributed by atoms with E-state index in [4.69, 9.17) is 0 Å². The van der Waals surface area contributed by atoms with Gasteiger partial charge in [0.05, 0.1) is 11.1 Å². The molecule has 0 aliphatic heterocycles. The van der Waals surface area contributed by atoms with Crippen molar-refractivity contribution >= 4 is 45.9 Å². The van der Waals surface area contributed by atoms with Gasteiger partial charge in [-0.05, 0) is 84.8 Å². The molecular formula is C29H24FN5O2S. The second-order valence-electron chi connectivity index (χ2n) is 8.88. The van der Waals surface area contributed by atoms with Crippen molar-refractivity contribution in [2.24, 2.45) is 0 Å². The molecule has 3 N–H and O–H groups in total. The molecule has 0 spiro atoms. The summed E-state index contributed by atoms with van der Waals surface area (Å²) in [6, 6.07) is 21.7. The second-order valence-corrected chi connectivity index (χ2v) is 9.99. The minimum absolute atomic E-state index is 0.187. The third-order valence-electron chi connectivity index (χ3n) is 5.77. The Kier molecular flexibility index (Phi) is 7.19. The molecule has 5 rings (SSSR count). The Hall–Kier alpha value is -4.50. The number of fused-ring (bicyclic) bond motifs is 1. The molecule has 0 saturated carbocycles. The van der Waals surface area contributed by atoms with Crippen LogP contribution >= 0.6 is 11.8 Å². The molecule has 0 bridgehead atoms. The number of aromatic nitrogens is 3. The van der Waals surface area contributed by atoms with E-state index in [2.05, 4.69) is 39.4 Å². The average Bonchev–Trinajstić information content (AvgIpc) is 2.91. The summed E-state index contributed by atoms with van der Waals surface area (Å²) in [5, 5.41) is 16.7. The molecule has 7 nitrogen and oxygen atoms in total. The minimum atomic E-state index is -0.407. The van der Waals surface area contributed by atoms with E-state index in [1.807, 2.05) is 36.4 Å². The van der Waals surface area contributed by atoms with Crippen LogP contribution in [0.3, 0.4) is 0 Å². The van der Waals surface area contributed by atoms with Gasteiger partial charge in [-0.15, -0.1) is 0 Å². The number of phenols is 1. The second kappa shape index (κ2) is 10.9. The highest BCUT2D eigenvalue weighted by Gasteiger charge is 2.14. The standard InChI is InChI=1S/C29H24FN5O2S/c1-17(2)24-13-12-23-27(34-24)31-16-32-28(23)35-25-15-20(33-29(37)18-3-5-19(30)6-4-18)7-14-26(25)38-22-10-8-21(36)9-11-22/h3-17,36H,1-2H3,(H,33,37)(H,31,32,34,35). The number of carbonyl (C=O) groups excluding carboxylic acids is 1. The number of rotatable bonds is 7. The van der Waals surface area contributed by atoms with Crippen LogP contribution in [-0.4, -0.2) is 26.0 Å². The van der Waals surface area contributed by atoms with Gasteiger partial charge in [-0.1, -0.05) is 25.6 Å². The first-order valence-electron chi connectivity index (χ1n) is 11.9. The van der Waals surface area contributed by atoms with E-state index in [9.17, 15) is 14.3 Å². The number of benzene rings is 3. The van der Waals surface area contributed by atoms with E-state index in [0.717, 1.165) is 20.9 Å². The van der Waals surface area contributed by atoms with Crippen LogP contribution < -0.4 is 10.6 Å². The molecule has 38 heavy (non-hydrogen) atoms. The number of aromatic hydroxyl groups is 1. The highest BCUT2D eigenvalue weighted by Crippen LogP contribution is 2.38. The molecule has 0 radical (unpaired) electrons. The third-order valence-corrected chi connectivity index (χ3v) is 6.86. The average molecular weight is 526 g/mol. The van der Waals surface area contributed by atoms with E-state index in [1.165, 1.54) is 42.4 Å². The number of halogens is 1. The van der Waals surface area contributed by atoms with Gasteiger partial charge in [-0.3, -0.25) is 4.79 Å². The van der Waals surface area contributed by atoms with Crippen LogP contribution in [0.25, 0.3) is 11.0 Å². The quantitative estimate of drug-likeness (QED) is 0.208. The molecule has 2 aromatic heterocycles. The Morgan fingerprint density at radius 3 is 2.45 bits per heavy atom. The Labute approximate surface area is 223 Å². The van der Waals surface area contributed by atoms with Crippen LogP contribution in [0.4, 0.5) is 21.6 Å². The summed E-state index contributed by atoms with van der Waals surface area (Å²) in [7, 11) is 0. The van der Waals surface area contributed by atoms with Crippen LogP contribution in [0.2, 0.25) is 0 Å². The van der Waals surface area contributed by atoms with Gasteiger partial charge in [0.15, 0.2) is 5.65 Å². The molecule has 0 aliphatic carbocycles. The molecule has 5 aromatic rings. The van der Waals surface area contributed by atoms with Gasteiger partial charge in [0.2, 0.25) is 0 Å². The maximum Gasteiger partial charge on any atom is 0.255 e. The molecule has 0 saturated heterocycles. The topological polar surface area (TPSA) is 100 Å². The third kappa shape index (κ3) is 5.73. The molecule has 9 heteroatoms. The lowest BCUT2D eigenvalue weighted by molar-refractivity contribution is 0.102. The van der Waals surface area contributed by atoms with Crippen molar-refractivity contribution in [1.29, 1.82) is 0 Å². The summed E-state index contributed by atoms with van der Waals surface area (Å²) in [4.78, 5) is 28.0. The number of hydrogen-bond donors (Lipinski definition) is 3.